The summed E-state index contributed by atoms with van der Waals surface area (Å²) in [4.78, 5) is 17.9. The van der Waals surface area contributed by atoms with Gasteiger partial charge < -0.3 is 14.5 Å². The van der Waals surface area contributed by atoms with Crippen molar-refractivity contribution in [3.05, 3.63) is 29.8 Å². The third-order valence-corrected chi connectivity index (χ3v) is 6.53. The van der Waals surface area contributed by atoms with Gasteiger partial charge in [0.2, 0.25) is 5.91 Å². The Hall–Kier alpha value is -1.55. The van der Waals surface area contributed by atoms with Crippen LogP contribution in [-0.2, 0) is 11.2 Å². The van der Waals surface area contributed by atoms with Gasteiger partial charge in [-0.15, -0.1) is 0 Å². The molecule has 1 aromatic carbocycles. The minimum atomic E-state index is 0.182. The topological polar surface area (TPSA) is 32.8 Å². The molecule has 3 rings (SSSR count). The number of aryl methyl sites for hydroxylation is 1. The number of benzene rings is 1. The van der Waals surface area contributed by atoms with Crippen LogP contribution in [0.15, 0.2) is 24.3 Å². The van der Waals surface area contributed by atoms with Crippen LogP contribution in [0.25, 0.3) is 0 Å². The summed E-state index contributed by atoms with van der Waals surface area (Å²) in [6.45, 7) is 11.8. The summed E-state index contributed by atoms with van der Waals surface area (Å²) in [5.41, 5.74) is 1.20. The van der Waals surface area contributed by atoms with E-state index in [9.17, 15) is 4.79 Å². The van der Waals surface area contributed by atoms with E-state index >= 15 is 0 Å². The van der Waals surface area contributed by atoms with Crippen molar-refractivity contribution in [3.63, 3.8) is 0 Å². The third kappa shape index (κ3) is 6.21. The van der Waals surface area contributed by atoms with Crippen molar-refractivity contribution in [2.45, 2.75) is 90.8 Å². The summed E-state index contributed by atoms with van der Waals surface area (Å²) >= 11 is 0. The quantitative estimate of drug-likeness (QED) is 0.622. The molecule has 0 aromatic heterocycles. The van der Waals surface area contributed by atoms with E-state index in [1.54, 1.807) is 0 Å². The molecule has 0 N–H and O–H groups in total. The van der Waals surface area contributed by atoms with Crippen LogP contribution in [0.3, 0.4) is 0 Å². The highest BCUT2D eigenvalue weighted by molar-refractivity contribution is 5.76. The first kappa shape index (κ1) is 22.1. The van der Waals surface area contributed by atoms with E-state index in [4.69, 9.17) is 4.74 Å². The maximum absolute atomic E-state index is 13.1. The minimum absolute atomic E-state index is 0.182. The number of rotatable bonds is 8. The highest BCUT2D eigenvalue weighted by atomic mass is 16.5. The molecule has 2 heterocycles. The second kappa shape index (κ2) is 10.5. The Morgan fingerprint density at radius 2 is 1.79 bits per heavy atom. The van der Waals surface area contributed by atoms with Gasteiger partial charge in [-0.05, 0) is 96.5 Å². The van der Waals surface area contributed by atoms with Gasteiger partial charge in [0.15, 0.2) is 0 Å². The molecule has 2 fully saturated rings. The zero-order chi connectivity index (χ0) is 20.8. The van der Waals surface area contributed by atoms with Crippen LogP contribution in [0.5, 0.6) is 5.75 Å². The average Bonchev–Trinajstić information content (AvgIpc) is 2.70. The highest BCUT2D eigenvalue weighted by Crippen LogP contribution is 2.32. The maximum Gasteiger partial charge on any atom is 0.223 e. The van der Waals surface area contributed by atoms with E-state index in [-0.39, 0.29) is 12.1 Å². The molecule has 4 nitrogen and oxygen atoms in total. The van der Waals surface area contributed by atoms with Crippen molar-refractivity contribution < 1.29 is 9.53 Å². The van der Waals surface area contributed by atoms with Crippen molar-refractivity contribution in [1.29, 1.82) is 0 Å². The predicted molar refractivity (Wildman–Crippen MR) is 119 cm³/mol. The Kier molecular flexibility index (Phi) is 7.99. The van der Waals surface area contributed by atoms with E-state index < -0.39 is 0 Å². The summed E-state index contributed by atoms with van der Waals surface area (Å²) in [5.74, 6) is 1.84. The SMILES string of the molecule is CC(C)Oc1ccc(CCC(=O)N(C[C@@H]2CCCN3CCCC[C@H]23)C(C)C)cc1. The number of fused-ring (bicyclic) bond motifs is 1. The van der Waals surface area contributed by atoms with Crippen molar-refractivity contribution in [3.8, 4) is 5.75 Å². The molecule has 2 aliphatic rings. The molecule has 0 bridgehead atoms. The standard InChI is InChI=1S/C25H40N2O2/c1-19(2)27(18-22-8-7-17-26-16-6-5-9-24(22)26)25(28)15-12-21-10-13-23(14-11-21)29-20(3)4/h10-11,13-14,19-20,22,24H,5-9,12,15-18H2,1-4H3/t22-,24+/m0/s1. The first-order chi connectivity index (χ1) is 13.9. The number of nitrogens with zero attached hydrogens (tertiary/aromatic N) is 2. The molecule has 0 unspecified atom stereocenters. The van der Waals surface area contributed by atoms with Crippen molar-refractivity contribution in [2.24, 2.45) is 5.92 Å². The fourth-order valence-corrected chi connectivity index (χ4v) is 5.05. The summed E-state index contributed by atoms with van der Waals surface area (Å²) in [6.07, 6.45) is 8.13. The Morgan fingerprint density at radius 3 is 2.48 bits per heavy atom. The molecule has 0 spiro atoms. The molecule has 0 saturated carbocycles. The van der Waals surface area contributed by atoms with Gasteiger partial charge in [0.25, 0.3) is 0 Å². The van der Waals surface area contributed by atoms with Crippen LogP contribution in [0.2, 0.25) is 0 Å². The highest BCUT2D eigenvalue weighted by Gasteiger charge is 2.35. The Balaban J connectivity index is 1.55. The van der Waals surface area contributed by atoms with Crippen LogP contribution in [0.1, 0.15) is 71.8 Å². The van der Waals surface area contributed by atoms with Gasteiger partial charge in [-0.3, -0.25) is 4.79 Å². The zero-order valence-electron chi connectivity index (χ0n) is 18.9. The number of carbonyl (C=O) groups is 1. The van der Waals surface area contributed by atoms with Gasteiger partial charge in [-0.2, -0.15) is 0 Å². The average molecular weight is 401 g/mol. The lowest BCUT2D eigenvalue weighted by Crippen LogP contribution is -2.52. The summed E-state index contributed by atoms with van der Waals surface area (Å²) in [6, 6.07) is 9.17. The zero-order valence-corrected chi connectivity index (χ0v) is 18.9. The Bertz CT molecular complexity index is 639. The second-order valence-electron chi connectivity index (χ2n) is 9.45. The summed E-state index contributed by atoms with van der Waals surface area (Å²) < 4.78 is 5.71. The molecular weight excluding hydrogens is 360 g/mol. The smallest absolute Gasteiger partial charge is 0.223 e. The molecule has 29 heavy (non-hydrogen) atoms. The lowest BCUT2D eigenvalue weighted by atomic mass is 9.83. The van der Waals surface area contributed by atoms with Gasteiger partial charge >= 0.3 is 0 Å². The van der Waals surface area contributed by atoms with E-state index in [1.807, 2.05) is 26.0 Å². The summed E-state index contributed by atoms with van der Waals surface area (Å²) in [7, 11) is 0. The van der Waals surface area contributed by atoms with Gasteiger partial charge in [0.1, 0.15) is 5.75 Å². The molecule has 1 aromatic rings. The van der Waals surface area contributed by atoms with E-state index in [0.29, 0.717) is 24.3 Å². The maximum atomic E-state index is 13.1. The fourth-order valence-electron chi connectivity index (χ4n) is 5.05. The van der Waals surface area contributed by atoms with Crippen LogP contribution < -0.4 is 4.74 Å². The molecule has 2 atom stereocenters. The van der Waals surface area contributed by atoms with E-state index in [0.717, 1.165) is 18.7 Å². The Labute approximate surface area is 177 Å². The van der Waals surface area contributed by atoms with Gasteiger partial charge in [-0.25, -0.2) is 0 Å². The largest absolute Gasteiger partial charge is 0.491 e. The number of ether oxygens (including phenoxy) is 1. The molecule has 162 valence electrons. The lowest BCUT2D eigenvalue weighted by molar-refractivity contribution is -0.134. The van der Waals surface area contributed by atoms with Gasteiger partial charge in [-0.1, -0.05) is 18.6 Å². The van der Waals surface area contributed by atoms with Crippen molar-refractivity contribution >= 4 is 5.91 Å². The van der Waals surface area contributed by atoms with Crippen molar-refractivity contribution in [1.82, 2.24) is 9.80 Å². The molecule has 1 amide bonds. The van der Waals surface area contributed by atoms with Crippen LogP contribution >= 0.6 is 0 Å². The predicted octanol–water partition coefficient (Wildman–Crippen LogP) is 4.91. The number of hydrogen-bond acceptors (Lipinski definition) is 3. The monoisotopic (exact) mass is 400 g/mol. The van der Waals surface area contributed by atoms with Crippen LogP contribution in [-0.4, -0.2) is 53.5 Å². The lowest BCUT2D eigenvalue weighted by Gasteiger charge is -2.46. The van der Waals surface area contributed by atoms with E-state index in [2.05, 4.69) is 35.8 Å². The number of piperidine rings is 2. The molecule has 0 aliphatic carbocycles. The molecule has 4 heteroatoms. The molecule has 2 aliphatic heterocycles. The second-order valence-corrected chi connectivity index (χ2v) is 9.45. The van der Waals surface area contributed by atoms with Gasteiger partial charge in [0.05, 0.1) is 6.10 Å². The summed E-state index contributed by atoms with van der Waals surface area (Å²) in [5, 5.41) is 0. The molecule has 2 saturated heterocycles. The molecular formula is C25H40N2O2. The first-order valence-electron chi connectivity index (χ1n) is 11.7. The number of amides is 1. The van der Waals surface area contributed by atoms with E-state index in [1.165, 1.54) is 50.8 Å². The normalized spacial score (nSPS) is 22.6. The minimum Gasteiger partial charge on any atom is -0.491 e. The molecule has 0 radical (unpaired) electrons. The first-order valence-corrected chi connectivity index (χ1v) is 11.7. The van der Waals surface area contributed by atoms with Crippen LogP contribution in [0.4, 0.5) is 0 Å². The van der Waals surface area contributed by atoms with Gasteiger partial charge in [0, 0.05) is 25.0 Å². The Morgan fingerprint density at radius 1 is 1.07 bits per heavy atom. The number of hydrogen-bond donors (Lipinski definition) is 0. The van der Waals surface area contributed by atoms with Crippen LogP contribution in [0, 0.1) is 5.92 Å². The third-order valence-electron chi connectivity index (χ3n) is 6.53. The number of carbonyl (C=O) groups excluding carboxylic acids is 1. The van der Waals surface area contributed by atoms with Crippen molar-refractivity contribution in [2.75, 3.05) is 19.6 Å². The fraction of sp³-hybridized carbons (Fsp3) is 0.720.